The average molecular weight is 232 g/mol. The molecule has 17 heavy (non-hydrogen) atoms. The van der Waals surface area contributed by atoms with Gasteiger partial charge in [0.05, 0.1) is 0 Å². The van der Waals surface area contributed by atoms with Gasteiger partial charge in [-0.05, 0) is 42.0 Å². The van der Waals surface area contributed by atoms with Crippen LogP contribution in [0.1, 0.15) is 37.0 Å². The monoisotopic (exact) mass is 232 g/mol. The molecule has 0 amide bonds. The summed E-state index contributed by atoms with van der Waals surface area (Å²) in [6, 6.07) is 6.61. The topological polar surface area (TPSA) is 29.3 Å². The lowest BCUT2D eigenvalue weighted by atomic mass is 9.93. The van der Waals surface area contributed by atoms with Crippen LogP contribution in [0.3, 0.4) is 0 Å². The minimum Gasteiger partial charge on any atom is -0.326 e. The van der Waals surface area contributed by atoms with Crippen molar-refractivity contribution in [2.75, 3.05) is 13.1 Å². The maximum atomic E-state index is 5.66. The fourth-order valence-corrected chi connectivity index (χ4v) is 2.66. The van der Waals surface area contributed by atoms with Gasteiger partial charge in [0, 0.05) is 19.6 Å². The molecule has 2 rings (SSSR count). The summed E-state index contributed by atoms with van der Waals surface area (Å²) in [5.41, 5.74) is 10.2. The zero-order valence-electron chi connectivity index (χ0n) is 11.3. The molecule has 1 aliphatic heterocycles. The van der Waals surface area contributed by atoms with Crippen molar-refractivity contribution in [2.24, 2.45) is 11.1 Å². The molecule has 2 heteroatoms. The molecule has 0 unspecified atom stereocenters. The molecule has 94 valence electrons. The van der Waals surface area contributed by atoms with Gasteiger partial charge in [-0.2, -0.15) is 0 Å². The Labute approximate surface area is 105 Å². The van der Waals surface area contributed by atoms with Crippen LogP contribution < -0.4 is 5.73 Å². The first-order valence-electron chi connectivity index (χ1n) is 6.51. The van der Waals surface area contributed by atoms with Gasteiger partial charge in [0.2, 0.25) is 0 Å². The van der Waals surface area contributed by atoms with Crippen LogP contribution in [0.5, 0.6) is 0 Å². The summed E-state index contributed by atoms with van der Waals surface area (Å²) in [6.07, 6.45) is 1.31. The van der Waals surface area contributed by atoms with Gasteiger partial charge in [-0.25, -0.2) is 0 Å². The van der Waals surface area contributed by atoms with Crippen LogP contribution in [0.15, 0.2) is 18.2 Å². The van der Waals surface area contributed by atoms with Gasteiger partial charge in [-0.3, -0.25) is 4.90 Å². The van der Waals surface area contributed by atoms with Crippen molar-refractivity contribution in [1.29, 1.82) is 0 Å². The fraction of sp³-hybridized carbons (Fsp3) is 0.600. The molecule has 0 aromatic heterocycles. The first-order chi connectivity index (χ1) is 8.00. The summed E-state index contributed by atoms with van der Waals surface area (Å²) in [5, 5.41) is 0. The maximum Gasteiger partial charge on any atom is 0.0236 e. The second-order valence-corrected chi connectivity index (χ2v) is 6.09. The van der Waals surface area contributed by atoms with Crippen molar-refractivity contribution in [3.05, 3.63) is 34.9 Å². The van der Waals surface area contributed by atoms with E-state index in [1.54, 1.807) is 0 Å². The minimum atomic E-state index is 0.491. The predicted molar refractivity (Wildman–Crippen MR) is 72.7 cm³/mol. The van der Waals surface area contributed by atoms with E-state index in [2.05, 4.69) is 43.9 Å². The summed E-state index contributed by atoms with van der Waals surface area (Å²) in [7, 11) is 0. The first-order valence-corrected chi connectivity index (χ1v) is 6.51. The Morgan fingerprint density at radius 1 is 1.35 bits per heavy atom. The molecule has 2 N–H and O–H groups in total. The van der Waals surface area contributed by atoms with E-state index in [9.17, 15) is 0 Å². The number of rotatable bonds is 3. The van der Waals surface area contributed by atoms with Gasteiger partial charge >= 0.3 is 0 Å². The number of aryl methyl sites for hydroxylation is 1. The molecule has 0 aliphatic carbocycles. The molecule has 0 spiro atoms. The normalized spacial score (nSPS) is 19.8. The smallest absolute Gasteiger partial charge is 0.0236 e. The molecule has 0 atom stereocenters. The number of nitrogens with two attached hydrogens (primary N) is 1. The third-order valence-corrected chi connectivity index (χ3v) is 3.79. The molecule has 1 saturated heterocycles. The summed E-state index contributed by atoms with van der Waals surface area (Å²) in [4.78, 5) is 2.56. The Hall–Kier alpha value is -0.860. The highest BCUT2D eigenvalue weighted by Gasteiger charge is 2.28. The van der Waals surface area contributed by atoms with E-state index in [-0.39, 0.29) is 0 Å². The first kappa shape index (κ1) is 12.6. The largest absolute Gasteiger partial charge is 0.326 e. The second kappa shape index (κ2) is 4.79. The number of likely N-dealkylation sites (tertiary alicyclic amines) is 1. The highest BCUT2D eigenvalue weighted by Crippen LogP contribution is 2.30. The van der Waals surface area contributed by atoms with Gasteiger partial charge in [0.1, 0.15) is 0 Å². The van der Waals surface area contributed by atoms with Crippen LogP contribution in [0.2, 0.25) is 0 Å². The lowest BCUT2D eigenvalue weighted by Gasteiger charge is -2.20. The van der Waals surface area contributed by atoms with Crippen LogP contribution in [0.4, 0.5) is 0 Å². The van der Waals surface area contributed by atoms with Gasteiger partial charge in [-0.1, -0.05) is 32.0 Å². The molecular weight excluding hydrogens is 208 g/mol. The molecule has 2 nitrogen and oxygen atoms in total. The minimum absolute atomic E-state index is 0.491. The van der Waals surface area contributed by atoms with Crippen molar-refractivity contribution in [1.82, 2.24) is 4.90 Å². The average Bonchev–Trinajstić information content (AvgIpc) is 2.61. The maximum absolute atomic E-state index is 5.66. The van der Waals surface area contributed by atoms with Gasteiger partial charge in [-0.15, -0.1) is 0 Å². The quantitative estimate of drug-likeness (QED) is 0.868. The van der Waals surface area contributed by atoms with E-state index in [1.165, 1.54) is 36.2 Å². The fourth-order valence-electron chi connectivity index (χ4n) is 2.66. The number of benzene rings is 1. The molecule has 1 heterocycles. The highest BCUT2D eigenvalue weighted by atomic mass is 15.1. The van der Waals surface area contributed by atoms with Crippen molar-refractivity contribution >= 4 is 0 Å². The standard InChI is InChI=1S/C15H24N2/c1-12-8-13(9-16)4-5-14(12)10-17-7-6-15(2,3)11-17/h4-5,8H,6-7,9-11,16H2,1-3H3. The molecule has 0 bridgehead atoms. The summed E-state index contributed by atoms with van der Waals surface area (Å²) in [5.74, 6) is 0. The predicted octanol–water partition coefficient (Wildman–Crippen LogP) is 2.69. The van der Waals surface area contributed by atoms with Gasteiger partial charge in [0.25, 0.3) is 0 Å². The van der Waals surface area contributed by atoms with Crippen LogP contribution in [-0.4, -0.2) is 18.0 Å². The van der Waals surface area contributed by atoms with Gasteiger partial charge < -0.3 is 5.73 Å². The Morgan fingerprint density at radius 2 is 2.12 bits per heavy atom. The van der Waals surface area contributed by atoms with E-state index >= 15 is 0 Å². The van der Waals surface area contributed by atoms with E-state index in [0.29, 0.717) is 12.0 Å². The van der Waals surface area contributed by atoms with Crippen molar-refractivity contribution in [3.8, 4) is 0 Å². The summed E-state index contributed by atoms with van der Waals surface area (Å²) < 4.78 is 0. The van der Waals surface area contributed by atoms with Crippen molar-refractivity contribution < 1.29 is 0 Å². The Morgan fingerprint density at radius 3 is 2.65 bits per heavy atom. The summed E-state index contributed by atoms with van der Waals surface area (Å²) >= 11 is 0. The molecule has 1 fully saturated rings. The Kier molecular flexibility index (Phi) is 3.55. The van der Waals surface area contributed by atoms with E-state index < -0.39 is 0 Å². The Bertz CT molecular complexity index is 396. The van der Waals surface area contributed by atoms with Crippen molar-refractivity contribution in [3.63, 3.8) is 0 Å². The van der Waals surface area contributed by atoms with Crippen LogP contribution in [0, 0.1) is 12.3 Å². The number of hydrogen-bond acceptors (Lipinski definition) is 2. The van der Waals surface area contributed by atoms with E-state index in [4.69, 9.17) is 5.73 Å². The Balaban J connectivity index is 2.04. The lowest BCUT2D eigenvalue weighted by Crippen LogP contribution is -2.23. The van der Waals surface area contributed by atoms with Crippen molar-refractivity contribution in [2.45, 2.75) is 40.3 Å². The third-order valence-electron chi connectivity index (χ3n) is 3.79. The SMILES string of the molecule is Cc1cc(CN)ccc1CN1CCC(C)(C)C1. The molecule has 0 radical (unpaired) electrons. The highest BCUT2D eigenvalue weighted by molar-refractivity contribution is 5.31. The molecule has 1 aliphatic rings. The molecule has 1 aromatic carbocycles. The lowest BCUT2D eigenvalue weighted by molar-refractivity contribution is 0.284. The van der Waals surface area contributed by atoms with E-state index in [1.807, 2.05) is 0 Å². The third kappa shape index (κ3) is 3.08. The second-order valence-electron chi connectivity index (χ2n) is 6.09. The summed E-state index contributed by atoms with van der Waals surface area (Å²) in [6.45, 7) is 11.1. The number of nitrogens with zero attached hydrogens (tertiary/aromatic N) is 1. The van der Waals surface area contributed by atoms with Crippen LogP contribution in [-0.2, 0) is 13.1 Å². The van der Waals surface area contributed by atoms with Crippen LogP contribution >= 0.6 is 0 Å². The molecule has 0 saturated carbocycles. The molecule has 1 aromatic rings. The van der Waals surface area contributed by atoms with Crippen LogP contribution in [0.25, 0.3) is 0 Å². The van der Waals surface area contributed by atoms with Gasteiger partial charge in [0.15, 0.2) is 0 Å². The van der Waals surface area contributed by atoms with E-state index in [0.717, 1.165) is 6.54 Å². The zero-order valence-corrected chi connectivity index (χ0v) is 11.3. The molecular formula is C15H24N2. The zero-order chi connectivity index (χ0) is 12.5. The number of hydrogen-bond donors (Lipinski definition) is 1.